The topological polar surface area (TPSA) is 21.3 Å². The first kappa shape index (κ1) is 16.4. The molecule has 2 atom stereocenters. The SMILES string of the molecule is CC(C)COc1ccc(C(C)NC2CCCC2(C)C)cc1. The molecule has 0 heterocycles. The highest BCUT2D eigenvalue weighted by atomic mass is 16.5. The van der Waals surface area contributed by atoms with Crippen molar-refractivity contribution >= 4 is 0 Å². The standard InChI is InChI=1S/C19H31NO/c1-14(2)13-21-17-10-8-16(9-11-17)15(3)20-18-7-6-12-19(18,4)5/h8-11,14-15,18,20H,6-7,12-13H2,1-5H3. The second-order valence-corrected chi connectivity index (χ2v) is 7.60. The van der Waals surface area contributed by atoms with Gasteiger partial charge in [0.15, 0.2) is 0 Å². The van der Waals surface area contributed by atoms with Gasteiger partial charge in [-0.3, -0.25) is 0 Å². The van der Waals surface area contributed by atoms with E-state index in [1.54, 1.807) is 0 Å². The van der Waals surface area contributed by atoms with Crippen LogP contribution in [0.4, 0.5) is 0 Å². The molecule has 1 N–H and O–H groups in total. The molecule has 0 amide bonds. The molecule has 0 bridgehead atoms. The van der Waals surface area contributed by atoms with Crippen LogP contribution in [-0.2, 0) is 0 Å². The first-order chi connectivity index (χ1) is 9.88. The minimum atomic E-state index is 0.395. The first-order valence-corrected chi connectivity index (χ1v) is 8.37. The lowest BCUT2D eigenvalue weighted by Crippen LogP contribution is -2.39. The molecular formula is C19H31NO. The lowest BCUT2D eigenvalue weighted by atomic mass is 9.86. The molecule has 2 rings (SSSR count). The van der Waals surface area contributed by atoms with Crippen LogP contribution >= 0.6 is 0 Å². The van der Waals surface area contributed by atoms with E-state index in [-0.39, 0.29) is 0 Å². The lowest BCUT2D eigenvalue weighted by Gasteiger charge is -2.31. The van der Waals surface area contributed by atoms with Gasteiger partial charge in [0.2, 0.25) is 0 Å². The predicted molar refractivity (Wildman–Crippen MR) is 89.7 cm³/mol. The van der Waals surface area contributed by atoms with Crippen LogP contribution in [0.15, 0.2) is 24.3 Å². The fourth-order valence-electron chi connectivity index (χ4n) is 3.15. The van der Waals surface area contributed by atoms with Gasteiger partial charge in [0.1, 0.15) is 5.75 Å². The highest BCUT2D eigenvalue weighted by Crippen LogP contribution is 2.38. The van der Waals surface area contributed by atoms with Crippen LogP contribution in [0.3, 0.4) is 0 Å². The summed E-state index contributed by atoms with van der Waals surface area (Å²) in [7, 11) is 0. The number of benzene rings is 1. The Labute approximate surface area is 130 Å². The zero-order valence-corrected chi connectivity index (χ0v) is 14.3. The van der Waals surface area contributed by atoms with Crippen LogP contribution in [0.5, 0.6) is 5.75 Å². The number of hydrogen-bond donors (Lipinski definition) is 1. The van der Waals surface area contributed by atoms with Gasteiger partial charge in [0.05, 0.1) is 6.61 Å². The summed E-state index contributed by atoms with van der Waals surface area (Å²) in [6.07, 6.45) is 3.98. The van der Waals surface area contributed by atoms with Gasteiger partial charge >= 0.3 is 0 Å². The molecule has 1 aromatic rings. The maximum atomic E-state index is 5.75. The molecule has 0 radical (unpaired) electrons. The Morgan fingerprint density at radius 2 is 1.86 bits per heavy atom. The molecule has 0 aromatic heterocycles. The smallest absolute Gasteiger partial charge is 0.119 e. The van der Waals surface area contributed by atoms with Crippen LogP contribution < -0.4 is 10.1 Å². The van der Waals surface area contributed by atoms with E-state index in [1.165, 1.54) is 24.8 Å². The van der Waals surface area contributed by atoms with E-state index < -0.39 is 0 Å². The minimum absolute atomic E-state index is 0.395. The normalized spacial score (nSPS) is 22.5. The molecule has 118 valence electrons. The van der Waals surface area contributed by atoms with E-state index in [9.17, 15) is 0 Å². The Balaban J connectivity index is 1.92. The number of nitrogens with one attached hydrogen (secondary N) is 1. The summed E-state index contributed by atoms with van der Waals surface area (Å²) < 4.78 is 5.75. The van der Waals surface area contributed by atoms with Crippen LogP contribution in [0.25, 0.3) is 0 Å². The van der Waals surface area contributed by atoms with Gasteiger partial charge < -0.3 is 10.1 Å². The average molecular weight is 289 g/mol. The van der Waals surface area contributed by atoms with E-state index in [0.717, 1.165) is 12.4 Å². The van der Waals surface area contributed by atoms with Crippen molar-refractivity contribution in [2.45, 2.75) is 66.0 Å². The van der Waals surface area contributed by atoms with Crippen molar-refractivity contribution in [3.05, 3.63) is 29.8 Å². The zero-order chi connectivity index (χ0) is 15.5. The first-order valence-electron chi connectivity index (χ1n) is 8.37. The van der Waals surface area contributed by atoms with Gasteiger partial charge in [-0.05, 0) is 48.8 Å². The van der Waals surface area contributed by atoms with Crippen LogP contribution in [0.1, 0.15) is 65.5 Å². The van der Waals surface area contributed by atoms with Crippen molar-refractivity contribution in [2.75, 3.05) is 6.61 Å². The Morgan fingerprint density at radius 1 is 1.19 bits per heavy atom. The van der Waals surface area contributed by atoms with E-state index in [2.05, 4.69) is 64.2 Å². The third-order valence-corrected chi connectivity index (χ3v) is 4.67. The molecule has 1 aromatic carbocycles. The summed E-state index contributed by atoms with van der Waals surface area (Å²) in [6.45, 7) is 12.1. The minimum Gasteiger partial charge on any atom is -0.493 e. The summed E-state index contributed by atoms with van der Waals surface area (Å²) in [5.41, 5.74) is 1.77. The molecule has 0 aliphatic heterocycles. The van der Waals surface area contributed by atoms with Gasteiger partial charge in [-0.25, -0.2) is 0 Å². The average Bonchev–Trinajstić information content (AvgIpc) is 2.76. The number of rotatable bonds is 6. The molecule has 2 nitrogen and oxygen atoms in total. The Kier molecular flexibility index (Phi) is 5.32. The Hall–Kier alpha value is -1.02. The third kappa shape index (κ3) is 4.47. The second-order valence-electron chi connectivity index (χ2n) is 7.60. The van der Waals surface area contributed by atoms with Gasteiger partial charge in [-0.15, -0.1) is 0 Å². The molecule has 0 spiro atoms. The van der Waals surface area contributed by atoms with Gasteiger partial charge in [-0.1, -0.05) is 46.2 Å². The van der Waals surface area contributed by atoms with Crippen molar-refractivity contribution in [1.29, 1.82) is 0 Å². The van der Waals surface area contributed by atoms with Gasteiger partial charge in [0, 0.05) is 12.1 Å². The van der Waals surface area contributed by atoms with E-state index in [0.29, 0.717) is 23.4 Å². The highest BCUT2D eigenvalue weighted by Gasteiger charge is 2.34. The van der Waals surface area contributed by atoms with Gasteiger partial charge in [0.25, 0.3) is 0 Å². The largest absolute Gasteiger partial charge is 0.493 e. The molecule has 21 heavy (non-hydrogen) atoms. The molecule has 1 saturated carbocycles. The maximum absolute atomic E-state index is 5.75. The fraction of sp³-hybridized carbons (Fsp3) is 0.684. The van der Waals surface area contributed by atoms with Crippen molar-refractivity contribution in [2.24, 2.45) is 11.3 Å². The van der Waals surface area contributed by atoms with Crippen molar-refractivity contribution in [3.63, 3.8) is 0 Å². The highest BCUT2D eigenvalue weighted by molar-refractivity contribution is 5.29. The molecular weight excluding hydrogens is 258 g/mol. The van der Waals surface area contributed by atoms with Crippen molar-refractivity contribution < 1.29 is 4.74 Å². The number of hydrogen-bond acceptors (Lipinski definition) is 2. The molecule has 1 aliphatic carbocycles. The van der Waals surface area contributed by atoms with E-state index in [1.807, 2.05) is 0 Å². The summed E-state index contributed by atoms with van der Waals surface area (Å²) in [4.78, 5) is 0. The zero-order valence-electron chi connectivity index (χ0n) is 14.3. The monoisotopic (exact) mass is 289 g/mol. The third-order valence-electron chi connectivity index (χ3n) is 4.67. The molecule has 1 aliphatic rings. The van der Waals surface area contributed by atoms with Crippen molar-refractivity contribution in [3.8, 4) is 5.75 Å². The van der Waals surface area contributed by atoms with Gasteiger partial charge in [-0.2, -0.15) is 0 Å². The van der Waals surface area contributed by atoms with Crippen LogP contribution in [-0.4, -0.2) is 12.6 Å². The number of ether oxygens (including phenoxy) is 1. The van der Waals surface area contributed by atoms with E-state index in [4.69, 9.17) is 4.74 Å². The Bertz CT molecular complexity index is 435. The summed E-state index contributed by atoms with van der Waals surface area (Å²) in [5, 5.41) is 3.81. The molecule has 1 fully saturated rings. The molecule has 2 unspecified atom stereocenters. The maximum Gasteiger partial charge on any atom is 0.119 e. The quantitative estimate of drug-likeness (QED) is 0.800. The second kappa shape index (κ2) is 6.83. The summed E-state index contributed by atoms with van der Waals surface area (Å²) in [5.74, 6) is 1.54. The summed E-state index contributed by atoms with van der Waals surface area (Å²) in [6, 6.07) is 9.59. The predicted octanol–water partition coefficient (Wildman–Crippen LogP) is 4.95. The Morgan fingerprint density at radius 3 is 2.38 bits per heavy atom. The molecule has 0 saturated heterocycles. The van der Waals surface area contributed by atoms with Crippen LogP contribution in [0, 0.1) is 11.3 Å². The summed E-state index contributed by atoms with van der Waals surface area (Å²) >= 11 is 0. The van der Waals surface area contributed by atoms with Crippen LogP contribution in [0.2, 0.25) is 0 Å². The fourth-order valence-corrected chi connectivity index (χ4v) is 3.15. The van der Waals surface area contributed by atoms with Crippen molar-refractivity contribution in [1.82, 2.24) is 5.32 Å². The lowest BCUT2D eigenvalue weighted by molar-refractivity contribution is 0.265. The molecule has 2 heteroatoms. The van der Waals surface area contributed by atoms with E-state index >= 15 is 0 Å².